The molecule has 1 saturated heterocycles. The highest BCUT2D eigenvalue weighted by molar-refractivity contribution is 5.98. The van der Waals surface area contributed by atoms with Gasteiger partial charge in [0.15, 0.2) is 6.10 Å². The summed E-state index contributed by atoms with van der Waals surface area (Å²) in [5, 5.41) is 10.9. The number of nitrogens with two attached hydrogens (primary N) is 1. The normalized spacial score (nSPS) is 16.0. The fraction of sp³-hybridized carbons (Fsp3) is 0.500. The molecule has 1 heterocycles. The number of esters is 1. The smallest absolute Gasteiger partial charge is 0.341 e. The number of benzene rings is 1. The van der Waals surface area contributed by atoms with Gasteiger partial charge in [0.05, 0.1) is 16.6 Å². The lowest BCUT2D eigenvalue weighted by Gasteiger charge is -2.24. The van der Waals surface area contributed by atoms with Gasteiger partial charge in [-0.1, -0.05) is 12.8 Å². The molecule has 1 aromatic rings. The van der Waals surface area contributed by atoms with Crippen molar-refractivity contribution in [2.75, 3.05) is 18.8 Å². The molecule has 136 valence electrons. The molecular weight excluding hydrogens is 333 g/mol. The molecule has 0 aromatic heterocycles. The molecule has 0 bridgehead atoms. The number of halogens is 1. The maximum Gasteiger partial charge on any atom is 0.341 e. The highest BCUT2D eigenvalue weighted by Crippen LogP contribution is 2.27. The zero-order valence-corrected chi connectivity index (χ0v) is 13.9. The molecule has 0 spiro atoms. The van der Waals surface area contributed by atoms with Crippen LogP contribution in [0.25, 0.3) is 0 Å². The number of ether oxygens (including phenoxy) is 1. The monoisotopic (exact) mass is 353 g/mol. The van der Waals surface area contributed by atoms with Crippen LogP contribution in [0, 0.1) is 15.9 Å². The third-order valence-electron chi connectivity index (χ3n) is 4.09. The number of nitro benzene ring substituents is 1. The molecule has 9 heteroatoms. The molecule has 1 amide bonds. The van der Waals surface area contributed by atoms with Gasteiger partial charge < -0.3 is 15.4 Å². The van der Waals surface area contributed by atoms with E-state index in [0.29, 0.717) is 19.2 Å². The van der Waals surface area contributed by atoms with Crippen molar-refractivity contribution in [2.24, 2.45) is 0 Å². The predicted octanol–water partition coefficient (Wildman–Crippen LogP) is 2.26. The van der Waals surface area contributed by atoms with E-state index < -0.39 is 39.8 Å². The van der Waals surface area contributed by atoms with E-state index >= 15 is 0 Å². The average molecular weight is 353 g/mol. The molecule has 1 aliphatic rings. The third-order valence-corrected chi connectivity index (χ3v) is 4.09. The number of likely N-dealkylation sites (tertiary alicyclic amines) is 1. The summed E-state index contributed by atoms with van der Waals surface area (Å²) in [7, 11) is 0. The summed E-state index contributed by atoms with van der Waals surface area (Å²) in [6.07, 6.45) is 2.76. The maximum atomic E-state index is 13.5. The Kier molecular flexibility index (Phi) is 5.89. The summed E-state index contributed by atoms with van der Waals surface area (Å²) in [6, 6.07) is 1.38. The molecule has 0 radical (unpaired) electrons. The van der Waals surface area contributed by atoms with Crippen molar-refractivity contribution < 1.29 is 23.6 Å². The van der Waals surface area contributed by atoms with Crippen LogP contribution in [-0.2, 0) is 9.53 Å². The first-order valence-corrected chi connectivity index (χ1v) is 8.04. The van der Waals surface area contributed by atoms with E-state index in [1.807, 2.05) is 0 Å². The van der Waals surface area contributed by atoms with Crippen LogP contribution in [0.4, 0.5) is 15.8 Å². The molecule has 1 unspecified atom stereocenters. The van der Waals surface area contributed by atoms with Gasteiger partial charge in [-0.15, -0.1) is 0 Å². The van der Waals surface area contributed by atoms with Crippen molar-refractivity contribution in [2.45, 2.75) is 38.7 Å². The number of anilines is 1. The summed E-state index contributed by atoms with van der Waals surface area (Å²) in [4.78, 5) is 36.2. The van der Waals surface area contributed by atoms with Gasteiger partial charge in [0.2, 0.25) is 0 Å². The Balaban J connectivity index is 2.13. The second kappa shape index (κ2) is 7.91. The Morgan fingerprint density at radius 3 is 2.44 bits per heavy atom. The Labute approximate surface area is 143 Å². The highest BCUT2D eigenvalue weighted by atomic mass is 19.1. The number of carbonyl (C=O) groups excluding carboxylic acids is 2. The number of hydrogen-bond acceptors (Lipinski definition) is 6. The number of carbonyl (C=O) groups is 2. The van der Waals surface area contributed by atoms with Gasteiger partial charge in [-0.25, -0.2) is 9.18 Å². The maximum absolute atomic E-state index is 13.5. The minimum atomic E-state index is -1.09. The molecule has 1 aromatic carbocycles. The SMILES string of the molecule is CC(OC(=O)c1cc(F)cc([N+](=O)[O-])c1N)C(=O)N1CCCCCC1. The number of hydrogen-bond donors (Lipinski definition) is 1. The van der Waals surface area contributed by atoms with Crippen LogP contribution in [0.1, 0.15) is 43.0 Å². The number of rotatable bonds is 4. The summed E-state index contributed by atoms with van der Waals surface area (Å²) >= 11 is 0. The molecular formula is C16H20FN3O5. The van der Waals surface area contributed by atoms with E-state index in [1.165, 1.54) is 6.92 Å². The van der Waals surface area contributed by atoms with E-state index in [1.54, 1.807) is 4.90 Å². The Morgan fingerprint density at radius 2 is 1.88 bits per heavy atom. The minimum Gasteiger partial charge on any atom is -0.449 e. The molecule has 1 atom stereocenters. The van der Waals surface area contributed by atoms with Gasteiger partial charge in [0, 0.05) is 13.1 Å². The molecule has 25 heavy (non-hydrogen) atoms. The van der Waals surface area contributed by atoms with Crippen molar-refractivity contribution in [1.29, 1.82) is 0 Å². The first-order chi connectivity index (χ1) is 11.8. The van der Waals surface area contributed by atoms with Crippen LogP contribution in [0.2, 0.25) is 0 Å². The zero-order valence-electron chi connectivity index (χ0n) is 13.9. The first kappa shape index (κ1) is 18.6. The van der Waals surface area contributed by atoms with Crippen LogP contribution < -0.4 is 5.73 Å². The Bertz CT molecular complexity index is 687. The van der Waals surface area contributed by atoms with E-state index in [-0.39, 0.29) is 5.91 Å². The van der Waals surface area contributed by atoms with E-state index in [4.69, 9.17) is 10.5 Å². The summed E-state index contributed by atoms with van der Waals surface area (Å²) < 4.78 is 18.6. The van der Waals surface area contributed by atoms with Crippen LogP contribution in [-0.4, -0.2) is 40.9 Å². The average Bonchev–Trinajstić information content (AvgIpc) is 2.84. The van der Waals surface area contributed by atoms with Crippen molar-refractivity contribution >= 4 is 23.3 Å². The molecule has 2 rings (SSSR count). The molecule has 1 fully saturated rings. The lowest BCUT2D eigenvalue weighted by atomic mass is 10.1. The molecule has 8 nitrogen and oxygen atoms in total. The number of nitrogens with zero attached hydrogens (tertiary/aromatic N) is 2. The quantitative estimate of drug-likeness (QED) is 0.384. The molecule has 0 saturated carbocycles. The van der Waals surface area contributed by atoms with Crippen LogP contribution >= 0.6 is 0 Å². The number of nitro groups is 1. The number of amides is 1. The van der Waals surface area contributed by atoms with E-state index in [0.717, 1.165) is 31.7 Å². The van der Waals surface area contributed by atoms with Gasteiger partial charge in [-0.3, -0.25) is 14.9 Å². The van der Waals surface area contributed by atoms with Crippen LogP contribution in [0.5, 0.6) is 0 Å². The molecule has 0 aliphatic carbocycles. The van der Waals surface area contributed by atoms with Gasteiger partial charge >= 0.3 is 5.97 Å². The summed E-state index contributed by atoms with van der Waals surface area (Å²) in [5.74, 6) is -2.41. The second-order valence-corrected chi connectivity index (χ2v) is 5.93. The second-order valence-electron chi connectivity index (χ2n) is 5.93. The minimum absolute atomic E-state index is 0.347. The molecule has 2 N–H and O–H groups in total. The largest absolute Gasteiger partial charge is 0.449 e. The van der Waals surface area contributed by atoms with E-state index in [2.05, 4.69) is 0 Å². The Hall–Kier alpha value is -2.71. The van der Waals surface area contributed by atoms with Gasteiger partial charge in [-0.2, -0.15) is 0 Å². The van der Waals surface area contributed by atoms with Crippen molar-refractivity contribution in [3.63, 3.8) is 0 Å². The fourth-order valence-corrected chi connectivity index (χ4v) is 2.75. The van der Waals surface area contributed by atoms with Crippen LogP contribution in [0.15, 0.2) is 12.1 Å². The van der Waals surface area contributed by atoms with Crippen molar-refractivity contribution in [1.82, 2.24) is 4.90 Å². The zero-order chi connectivity index (χ0) is 18.6. The predicted molar refractivity (Wildman–Crippen MR) is 87.4 cm³/mol. The van der Waals surface area contributed by atoms with Gasteiger partial charge in [-0.05, 0) is 25.8 Å². The van der Waals surface area contributed by atoms with Gasteiger partial charge in [0.1, 0.15) is 11.5 Å². The van der Waals surface area contributed by atoms with Crippen LogP contribution in [0.3, 0.4) is 0 Å². The topological polar surface area (TPSA) is 116 Å². The highest BCUT2D eigenvalue weighted by Gasteiger charge is 2.28. The summed E-state index contributed by atoms with van der Waals surface area (Å²) in [5.41, 5.74) is 3.88. The molecule has 1 aliphatic heterocycles. The van der Waals surface area contributed by atoms with Crippen molar-refractivity contribution in [3.8, 4) is 0 Å². The first-order valence-electron chi connectivity index (χ1n) is 8.04. The lowest BCUT2D eigenvalue weighted by molar-refractivity contribution is -0.384. The number of nitrogen functional groups attached to an aromatic ring is 1. The Morgan fingerprint density at radius 1 is 1.28 bits per heavy atom. The lowest BCUT2D eigenvalue weighted by Crippen LogP contribution is -2.40. The standard InChI is InChI=1S/C16H20FN3O5/c1-10(15(21)19-6-4-2-3-5-7-19)25-16(22)12-8-11(17)9-13(14(12)18)20(23)24/h8-10H,2-7,18H2,1H3. The fourth-order valence-electron chi connectivity index (χ4n) is 2.75. The van der Waals surface area contributed by atoms with Crippen molar-refractivity contribution in [3.05, 3.63) is 33.6 Å². The third kappa shape index (κ3) is 4.43. The summed E-state index contributed by atoms with van der Waals surface area (Å²) in [6.45, 7) is 2.59. The van der Waals surface area contributed by atoms with Gasteiger partial charge in [0.25, 0.3) is 11.6 Å². The van der Waals surface area contributed by atoms with E-state index in [9.17, 15) is 24.1 Å².